The van der Waals surface area contributed by atoms with Crippen molar-refractivity contribution in [1.29, 1.82) is 0 Å². The molecule has 1 aliphatic rings. The maximum Gasteiger partial charge on any atom is 0.150 e. The number of rotatable bonds is 3. The molecule has 5 nitrogen and oxygen atoms in total. The molecule has 5 heteroatoms. The Morgan fingerprint density at radius 3 is 2.72 bits per heavy atom. The Bertz CT molecular complexity index is 587. The molecule has 2 aromatic rings. The van der Waals surface area contributed by atoms with Gasteiger partial charge in [0.2, 0.25) is 0 Å². The Balaban J connectivity index is 2.13. The number of anilines is 1. The third-order valence-electron chi connectivity index (χ3n) is 3.28. The summed E-state index contributed by atoms with van der Waals surface area (Å²) >= 11 is 0. The largest absolute Gasteiger partial charge is 0.496 e. The molecule has 0 saturated heterocycles. The second-order valence-electron chi connectivity index (χ2n) is 4.55. The molecule has 1 aromatic carbocycles. The van der Waals surface area contributed by atoms with E-state index in [1.165, 1.54) is 4.68 Å². The maximum atomic E-state index is 6.04. The Morgan fingerprint density at radius 1 is 1.33 bits per heavy atom. The molecular formula is C13H16N4O. The van der Waals surface area contributed by atoms with E-state index in [9.17, 15) is 0 Å². The second kappa shape index (κ2) is 3.94. The molecule has 4 N–H and O–H groups in total. The van der Waals surface area contributed by atoms with Gasteiger partial charge in [-0.1, -0.05) is 12.1 Å². The van der Waals surface area contributed by atoms with Gasteiger partial charge in [-0.2, -0.15) is 0 Å². The molecule has 94 valence electrons. The van der Waals surface area contributed by atoms with Crippen LogP contribution in [-0.2, 0) is 0 Å². The second-order valence-corrected chi connectivity index (χ2v) is 4.55. The van der Waals surface area contributed by atoms with Gasteiger partial charge in [0.1, 0.15) is 17.3 Å². The van der Waals surface area contributed by atoms with Gasteiger partial charge in [0.15, 0.2) is 5.82 Å². The fraction of sp³-hybridized carbons (Fsp3) is 0.308. The molecule has 1 saturated carbocycles. The normalized spacial score (nSPS) is 14.7. The van der Waals surface area contributed by atoms with Crippen molar-refractivity contribution in [1.82, 2.24) is 9.66 Å². The Morgan fingerprint density at radius 2 is 2.06 bits per heavy atom. The SMILES string of the molecule is COc1ccccc1-c1nc(C2CC2)n(N)c1N. The predicted molar refractivity (Wildman–Crippen MR) is 70.8 cm³/mol. The predicted octanol–water partition coefficient (Wildman–Crippen LogP) is 1.73. The zero-order chi connectivity index (χ0) is 12.7. The van der Waals surface area contributed by atoms with Crippen molar-refractivity contribution in [3.05, 3.63) is 30.1 Å². The van der Waals surface area contributed by atoms with E-state index >= 15 is 0 Å². The number of nitrogens with two attached hydrogens (primary N) is 2. The molecule has 18 heavy (non-hydrogen) atoms. The van der Waals surface area contributed by atoms with Crippen LogP contribution in [-0.4, -0.2) is 16.8 Å². The van der Waals surface area contributed by atoms with Crippen molar-refractivity contribution in [2.75, 3.05) is 18.7 Å². The van der Waals surface area contributed by atoms with Gasteiger partial charge >= 0.3 is 0 Å². The molecule has 0 unspecified atom stereocenters. The zero-order valence-electron chi connectivity index (χ0n) is 10.3. The van der Waals surface area contributed by atoms with Crippen molar-refractivity contribution in [3.8, 4) is 17.0 Å². The first kappa shape index (κ1) is 11.0. The van der Waals surface area contributed by atoms with E-state index in [1.807, 2.05) is 24.3 Å². The van der Waals surface area contributed by atoms with Gasteiger partial charge < -0.3 is 16.3 Å². The fourth-order valence-corrected chi connectivity index (χ4v) is 2.13. The van der Waals surface area contributed by atoms with Crippen LogP contribution in [0.15, 0.2) is 24.3 Å². The maximum absolute atomic E-state index is 6.04. The molecule has 0 spiro atoms. The molecule has 1 aliphatic carbocycles. The molecular weight excluding hydrogens is 228 g/mol. The summed E-state index contributed by atoms with van der Waals surface area (Å²) < 4.78 is 6.83. The third kappa shape index (κ3) is 1.59. The molecule has 1 aromatic heterocycles. The zero-order valence-corrected chi connectivity index (χ0v) is 10.3. The summed E-state index contributed by atoms with van der Waals surface area (Å²) in [6.07, 6.45) is 2.28. The number of para-hydroxylation sites is 1. The lowest BCUT2D eigenvalue weighted by Gasteiger charge is -2.06. The highest BCUT2D eigenvalue weighted by Gasteiger charge is 2.30. The van der Waals surface area contributed by atoms with Crippen LogP contribution in [0.3, 0.4) is 0 Å². The van der Waals surface area contributed by atoms with Crippen molar-refractivity contribution < 1.29 is 4.74 Å². The van der Waals surface area contributed by atoms with E-state index in [2.05, 4.69) is 4.98 Å². The highest BCUT2D eigenvalue weighted by Crippen LogP contribution is 2.42. The van der Waals surface area contributed by atoms with E-state index < -0.39 is 0 Å². The van der Waals surface area contributed by atoms with Gasteiger partial charge in [-0.25, -0.2) is 9.66 Å². The highest BCUT2D eigenvalue weighted by atomic mass is 16.5. The van der Waals surface area contributed by atoms with E-state index in [0.717, 1.165) is 30.0 Å². The number of imidazole rings is 1. The number of hydrogen-bond donors (Lipinski definition) is 2. The number of hydrogen-bond acceptors (Lipinski definition) is 4. The monoisotopic (exact) mass is 244 g/mol. The number of methoxy groups -OCH3 is 1. The van der Waals surface area contributed by atoms with Gasteiger partial charge in [-0.15, -0.1) is 0 Å². The first-order valence-corrected chi connectivity index (χ1v) is 5.99. The highest BCUT2D eigenvalue weighted by molar-refractivity contribution is 5.76. The van der Waals surface area contributed by atoms with Crippen LogP contribution in [0.1, 0.15) is 24.6 Å². The van der Waals surface area contributed by atoms with Crippen LogP contribution in [0.2, 0.25) is 0 Å². The fourth-order valence-electron chi connectivity index (χ4n) is 2.13. The average Bonchev–Trinajstić information content (AvgIpc) is 3.19. The van der Waals surface area contributed by atoms with Crippen LogP contribution < -0.4 is 16.3 Å². The number of ether oxygens (including phenoxy) is 1. The minimum Gasteiger partial charge on any atom is -0.496 e. The summed E-state index contributed by atoms with van der Waals surface area (Å²) in [6.45, 7) is 0. The quantitative estimate of drug-likeness (QED) is 0.806. The van der Waals surface area contributed by atoms with E-state index in [4.69, 9.17) is 16.3 Å². The molecule has 0 aliphatic heterocycles. The van der Waals surface area contributed by atoms with Crippen LogP contribution >= 0.6 is 0 Å². The Kier molecular flexibility index (Phi) is 2.40. The summed E-state index contributed by atoms with van der Waals surface area (Å²) in [7, 11) is 1.64. The van der Waals surface area contributed by atoms with Crippen LogP contribution in [0.5, 0.6) is 5.75 Å². The number of aromatic nitrogens is 2. The minimum absolute atomic E-state index is 0.459. The number of benzene rings is 1. The van der Waals surface area contributed by atoms with Gasteiger partial charge in [-0.05, 0) is 25.0 Å². The van der Waals surface area contributed by atoms with Crippen molar-refractivity contribution in [2.45, 2.75) is 18.8 Å². The minimum atomic E-state index is 0.459. The van der Waals surface area contributed by atoms with Crippen LogP contribution in [0, 0.1) is 0 Å². The van der Waals surface area contributed by atoms with Gasteiger partial charge in [0.25, 0.3) is 0 Å². The Labute approximate surface area is 105 Å². The van der Waals surface area contributed by atoms with Crippen LogP contribution in [0.25, 0.3) is 11.3 Å². The third-order valence-corrected chi connectivity index (χ3v) is 3.28. The van der Waals surface area contributed by atoms with Crippen LogP contribution in [0.4, 0.5) is 5.82 Å². The molecule has 0 atom stereocenters. The molecule has 0 radical (unpaired) electrons. The first-order chi connectivity index (χ1) is 8.72. The average molecular weight is 244 g/mol. The summed E-state index contributed by atoms with van der Waals surface area (Å²) in [5, 5.41) is 0. The number of nitrogen functional groups attached to an aromatic ring is 2. The number of nitrogens with zero attached hydrogens (tertiary/aromatic N) is 2. The van der Waals surface area contributed by atoms with Gasteiger partial charge in [0.05, 0.1) is 7.11 Å². The molecule has 1 heterocycles. The van der Waals surface area contributed by atoms with Crippen molar-refractivity contribution >= 4 is 5.82 Å². The lowest BCUT2D eigenvalue weighted by atomic mass is 10.1. The summed E-state index contributed by atoms with van der Waals surface area (Å²) in [5.74, 6) is 8.53. The topological polar surface area (TPSA) is 79.1 Å². The summed E-state index contributed by atoms with van der Waals surface area (Å²) in [4.78, 5) is 4.58. The van der Waals surface area contributed by atoms with Crippen molar-refractivity contribution in [3.63, 3.8) is 0 Å². The molecule has 1 fully saturated rings. The smallest absolute Gasteiger partial charge is 0.150 e. The van der Waals surface area contributed by atoms with Gasteiger partial charge in [-0.3, -0.25) is 0 Å². The molecule has 0 bridgehead atoms. The summed E-state index contributed by atoms with van der Waals surface area (Å²) in [6, 6.07) is 7.68. The lowest BCUT2D eigenvalue weighted by Crippen LogP contribution is -2.14. The molecule has 3 rings (SSSR count). The van der Waals surface area contributed by atoms with E-state index in [1.54, 1.807) is 7.11 Å². The van der Waals surface area contributed by atoms with Crippen molar-refractivity contribution in [2.24, 2.45) is 0 Å². The first-order valence-electron chi connectivity index (χ1n) is 5.99. The molecule has 0 amide bonds. The van der Waals surface area contributed by atoms with E-state index in [-0.39, 0.29) is 0 Å². The Hall–Kier alpha value is -2.17. The van der Waals surface area contributed by atoms with Gasteiger partial charge in [0, 0.05) is 11.5 Å². The van der Waals surface area contributed by atoms with E-state index in [0.29, 0.717) is 17.4 Å². The summed E-state index contributed by atoms with van der Waals surface area (Å²) in [5.41, 5.74) is 7.63. The standard InChI is InChI=1S/C13H16N4O/c1-18-10-5-3-2-4-9(10)11-12(14)17(15)13(16-11)8-6-7-8/h2-5,8H,6-7,14-15H2,1H3. The lowest BCUT2D eigenvalue weighted by molar-refractivity contribution is 0.416.